The van der Waals surface area contributed by atoms with Gasteiger partial charge in [0.25, 0.3) is 5.91 Å². The molecule has 1 aromatic carbocycles. The molecule has 0 aliphatic carbocycles. The molecule has 1 aliphatic heterocycles. The van der Waals surface area contributed by atoms with Gasteiger partial charge in [-0.1, -0.05) is 36.2 Å². The van der Waals surface area contributed by atoms with Gasteiger partial charge in [-0.2, -0.15) is 11.8 Å². The number of carbonyl (C=O) groups is 1. The first-order chi connectivity index (χ1) is 10.2. The van der Waals surface area contributed by atoms with Crippen molar-refractivity contribution in [3.8, 4) is 0 Å². The summed E-state index contributed by atoms with van der Waals surface area (Å²) in [6.07, 6.45) is 3.72. The van der Waals surface area contributed by atoms with Gasteiger partial charge in [-0.25, -0.2) is 4.98 Å². The summed E-state index contributed by atoms with van der Waals surface area (Å²) in [5, 5.41) is 4.95. The molecule has 1 fully saturated rings. The highest BCUT2D eigenvalue weighted by atomic mass is 35.5. The number of fused-ring (bicyclic) bond motifs is 1. The minimum absolute atomic E-state index is 0.145. The van der Waals surface area contributed by atoms with E-state index in [1.165, 1.54) is 25.0 Å². The summed E-state index contributed by atoms with van der Waals surface area (Å²) in [5.74, 6) is 1.05. The lowest BCUT2D eigenvalue weighted by Crippen LogP contribution is -2.32. The van der Waals surface area contributed by atoms with Gasteiger partial charge in [0.15, 0.2) is 0 Å². The molecule has 0 bridgehead atoms. The van der Waals surface area contributed by atoms with Gasteiger partial charge in [0.05, 0.1) is 10.5 Å². The van der Waals surface area contributed by atoms with Crippen LogP contribution in [-0.4, -0.2) is 28.4 Å². The average molecular weight is 321 g/mol. The molecule has 21 heavy (non-hydrogen) atoms. The maximum Gasteiger partial charge on any atom is 0.269 e. The fraction of sp³-hybridized carbons (Fsp3) is 0.375. The van der Waals surface area contributed by atoms with Gasteiger partial charge >= 0.3 is 0 Å². The Kier molecular flexibility index (Phi) is 4.66. The van der Waals surface area contributed by atoms with Gasteiger partial charge in [-0.15, -0.1) is 0 Å². The summed E-state index contributed by atoms with van der Waals surface area (Å²) in [6.45, 7) is 0.704. The van der Waals surface area contributed by atoms with E-state index in [9.17, 15) is 4.79 Å². The molecule has 0 radical (unpaired) electrons. The van der Waals surface area contributed by atoms with Gasteiger partial charge in [0.1, 0.15) is 5.69 Å². The maximum atomic E-state index is 12.2. The number of halogens is 1. The van der Waals surface area contributed by atoms with Crippen molar-refractivity contribution in [3.63, 3.8) is 0 Å². The molecule has 0 saturated carbocycles. The van der Waals surface area contributed by atoms with Gasteiger partial charge in [0, 0.05) is 17.2 Å². The van der Waals surface area contributed by atoms with Crippen molar-refractivity contribution in [1.29, 1.82) is 0 Å². The lowest BCUT2D eigenvalue weighted by Gasteiger charge is -2.21. The highest BCUT2D eigenvalue weighted by Gasteiger charge is 2.16. The maximum absolute atomic E-state index is 12.2. The van der Waals surface area contributed by atoms with Crippen molar-refractivity contribution in [2.45, 2.75) is 24.5 Å². The van der Waals surface area contributed by atoms with Crippen LogP contribution in [-0.2, 0) is 0 Å². The minimum Gasteiger partial charge on any atom is -0.350 e. The predicted molar refractivity (Wildman–Crippen MR) is 89.2 cm³/mol. The first-order valence-electron chi connectivity index (χ1n) is 7.19. The molecule has 5 heteroatoms. The summed E-state index contributed by atoms with van der Waals surface area (Å²) in [4.78, 5) is 16.6. The Morgan fingerprint density at radius 2 is 2.24 bits per heavy atom. The van der Waals surface area contributed by atoms with Gasteiger partial charge in [-0.05, 0) is 30.7 Å². The Morgan fingerprint density at radius 1 is 1.38 bits per heavy atom. The third kappa shape index (κ3) is 3.50. The number of hydrogen-bond donors (Lipinski definition) is 1. The Labute approximate surface area is 133 Å². The summed E-state index contributed by atoms with van der Waals surface area (Å²) < 4.78 is 0. The molecule has 1 aromatic heterocycles. The van der Waals surface area contributed by atoms with Gasteiger partial charge < -0.3 is 5.32 Å². The molecule has 1 unspecified atom stereocenters. The van der Waals surface area contributed by atoms with Crippen LogP contribution in [0.3, 0.4) is 0 Å². The van der Waals surface area contributed by atoms with Crippen LogP contribution >= 0.6 is 23.4 Å². The Bertz CT molecular complexity index is 656. The second-order valence-corrected chi connectivity index (χ2v) is 7.02. The number of pyridine rings is 1. The van der Waals surface area contributed by atoms with E-state index in [-0.39, 0.29) is 5.91 Å². The van der Waals surface area contributed by atoms with Crippen molar-refractivity contribution < 1.29 is 4.79 Å². The minimum atomic E-state index is -0.145. The SMILES string of the molecule is O=C(NCC1CCCCS1)c1cc(Cl)c2ccccc2n1. The molecule has 1 aliphatic rings. The van der Waals surface area contributed by atoms with Crippen LogP contribution in [0.25, 0.3) is 10.9 Å². The normalized spacial score (nSPS) is 18.6. The number of thioether (sulfide) groups is 1. The van der Waals surface area contributed by atoms with Crippen LogP contribution in [0, 0.1) is 0 Å². The van der Waals surface area contributed by atoms with Crippen LogP contribution in [0.4, 0.5) is 0 Å². The van der Waals surface area contributed by atoms with Crippen molar-refractivity contribution in [1.82, 2.24) is 10.3 Å². The Balaban J connectivity index is 1.72. The van der Waals surface area contributed by atoms with Gasteiger partial charge in [0.2, 0.25) is 0 Å². The zero-order valence-corrected chi connectivity index (χ0v) is 13.2. The Morgan fingerprint density at radius 3 is 3.05 bits per heavy atom. The zero-order valence-electron chi connectivity index (χ0n) is 11.6. The molecule has 1 saturated heterocycles. The first kappa shape index (κ1) is 14.7. The molecule has 0 spiro atoms. The fourth-order valence-electron chi connectivity index (χ4n) is 2.51. The molecule has 1 N–H and O–H groups in total. The number of carbonyl (C=O) groups excluding carboxylic acids is 1. The number of para-hydroxylation sites is 1. The van der Waals surface area contributed by atoms with Crippen molar-refractivity contribution in [2.75, 3.05) is 12.3 Å². The van der Waals surface area contributed by atoms with E-state index in [1.807, 2.05) is 36.0 Å². The molecule has 110 valence electrons. The lowest BCUT2D eigenvalue weighted by atomic mass is 10.2. The van der Waals surface area contributed by atoms with Crippen LogP contribution in [0.2, 0.25) is 5.02 Å². The fourth-order valence-corrected chi connectivity index (χ4v) is 4.02. The van der Waals surface area contributed by atoms with Crippen molar-refractivity contribution >= 4 is 40.2 Å². The van der Waals surface area contributed by atoms with E-state index in [4.69, 9.17) is 11.6 Å². The summed E-state index contributed by atoms with van der Waals surface area (Å²) >= 11 is 8.18. The van der Waals surface area contributed by atoms with Crippen LogP contribution in [0.1, 0.15) is 29.8 Å². The highest BCUT2D eigenvalue weighted by Crippen LogP contribution is 2.25. The van der Waals surface area contributed by atoms with Crippen LogP contribution < -0.4 is 5.32 Å². The third-order valence-electron chi connectivity index (χ3n) is 3.66. The topological polar surface area (TPSA) is 42.0 Å². The van der Waals surface area contributed by atoms with E-state index in [1.54, 1.807) is 6.07 Å². The number of rotatable bonds is 3. The summed E-state index contributed by atoms with van der Waals surface area (Å²) in [5.41, 5.74) is 1.14. The standard InChI is InChI=1S/C16H17ClN2OS/c17-13-9-15(19-14-7-2-1-6-12(13)14)16(20)18-10-11-5-3-4-8-21-11/h1-2,6-7,9,11H,3-5,8,10H2,(H,18,20). The lowest BCUT2D eigenvalue weighted by molar-refractivity contribution is 0.0949. The van der Waals surface area contributed by atoms with E-state index >= 15 is 0 Å². The molecule has 3 rings (SSSR count). The van der Waals surface area contributed by atoms with Crippen LogP contribution in [0.5, 0.6) is 0 Å². The molecule has 2 aromatic rings. The molecule has 1 atom stereocenters. The summed E-state index contributed by atoms with van der Waals surface area (Å²) in [7, 11) is 0. The van der Waals surface area contributed by atoms with E-state index < -0.39 is 0 Å². The molecule has 2 heterocycles. The molecular formula is C16H17ClN2OS. The Hall–Kier alpha value is -1.26. The monoisotopic (exact) mass is 320 g/mol. The summed E-state index contributed by atoms with van der Waals surface area (Å²) in [6, 6.07) is 9.23. The van der Waals surface area contributed by atoms with E-state index in [0.717, 1.165) is 10.9 Å². The number of hydrogen-bond acceptors (Lipinski definition) is 3. The van der Waals surface area contributed by atoms with Gasteiger partial charge in [-0.3, -0.25) is 4.79 Å². The molecule has 3 nitrogen and oxygen atoms in total. The van der Waals surface area contributed by atoms with E-state index in [2.05, 4.69) is 10.3 Å². The number of amides is 1. The number of benzene rings is 1. The smallest absolute Gasteiger partial charge is 0.269 e. The number of aromatic nitrogens is 1. The zero-order chi connectivity index (χ0) is 14.7. The number of nitrogens with zero attached hydrogens (tertiary/aromatic N) is 1. The van der Waals surface area contributed by atoms with Crippen molar-refractivity contribution in [2.24, 2.45) is 0 Å². The van der Waals surface area contributed by atoms with Crippen LogP contribution in [0.15, 0.2) is 30.3 Å². The molecule has 1 amide bonds. The number of nitrogens with one attached hydrogen (secondary N) is 1. The highest BCUT2D eigenvalue weighted by molar-refractivity contribution is 7.99. The first-order valence-corrected chi connectivity index (χ1v) is 8.62. The van der Waals surface area contributed by atoms with Crippen molar-refractivity contribution in [3.05, 3.63) is 41.0 Å². The quantitative estimate of drug-likeness (QED) is 0.932. The second kappa shape index (κ2) is 6.67. The third-order valence-corrected chi connectivity index (χ3v) is 5.37. The largest absolute Gasteiger partial charge is 0.350 e. The predicted octanol–water partition coefficient (Wildman–Crippen LogP) is 3.90. The van der Waals surface area contributed by atoms with E-state index in [0.29, 0.717) is 22.5 Å². The second-order valence-electron chi connectivity index (χ2n) is 5.21. The molecular weight excluding hydrogens is 304 g/mol. The average Bonchev–Trinajstić information content (AvgIpc) is 2.53.